The van der Waals surface area contributed by atoms with Crippen LogP contribution in [0.4, 0.5) is 5.82 Å². The summed E-state index contributed by atoms with van der Waals surface area (Å²) in [5.41, 5.74) is 9.43. The molecule has 1 saturated heterocycles. The van der Waals surface area contributed by atoms with Crippen molar-refractivity contribution in [2.24, 2.45) is 0 Å². The summed E-state index contributed by atoms with van der Waals surface area (Å²) in [5.74, 6) is 8.10. The van der Waals surface area contributed by atoms with Crippen LogP contribution < -0.4 is 15.2 Å². The number of hydrogen-bond donors (Lipinski definition) is 1. The molecule has 3 heterocycles. The Morgan fingerprint density at radius 2 is 1.94 bits per heavy atom. The molecule has 164 valence electrons. The predicted octanol–water partition coefficient (Wildman–Crippen LogP) is 2.70. The first-order chi connectivity index (χ1) is 15.5. The van der Waals surface area contributed by atoms with E-state index in [1.807, 2.05) is 19.1 Å². The molecule has 2 aromatic heterocycles. The number of rotatable bonds is 4. The zero-order valence-electron chi connectivity index (χ0n) is 18.4. The van der Waals surface area contributed by atoms with E-state index >= 15 is 0 Å². The summed E-state index contributed by atoms with van der Waals surface area (Å²) in [6, 6.07) is 5.56. The molecular formula is C24H25N5O3. The molecule has 1 aliphatic rings. The third-order valence-electron chi connectivity index (χ3n) is 5.76. The topological polar surface area (TPSA) is 95.5 Å². The number of carbonyl (C=O) groups excluding carboxylic acids is 1. The number of benzene rings is 1. The average molecular weight is 431 g/mol. The fraction of sp³-hybridized carbons (Fsp3) is 0.292. The number of methoxy groups -OCH3 is 2. The lowest BCUT2D eigenvalue weighted by Crippen LogP contribution is -2.27. The lowest BCUT2D eigenvalue weighted by molar-refractivity contribution is -0.125. The van der Waals surface area contributed by atoms with E-state index in [9.17, 15) is 4.79 Å². The molecule has 1 aromatic carbocycles. The Balaban J connectivity index is 1.81. The second kappa shape index (κ2) is 8.63. The first-order valence-electron chi connectivity index (χ1n) is 10.2. The molecule has 3 aromatic rings. The number of nitrogens with zero attached hydrogens (tertiary/aromatic N) is 4. The average Bonchev–Trinajstić information content (AvgIpc) is 3.39. The van der Waals surface area contributed by atoms with Gasteiger partial charge in [0.1, 0.15) is 29.3 Å². The maximum atomic E-state index is 12.1. The molecule has 0 radical (unpaired) electrons. The smallest absolute Gasteiger partial charge is 0.246 e. The van der Waals surface area contributed by atoms with Crippen molar-refractivity contribution in [2.45, 2.75) is 19.4 Å². The predicted molar refractivity (Wildman–Crippen MR) is 123 cm³/mol. The van der Waals surface area contributed by atoms with Gasteiger partial charge < -0.3 is 24.7 Å². The van der Waals surface area contributed by atoms with Gasteiger partial charge in [-0.05, 0) is 31.6 Å². The van der Waals surface area contributed by atoms with Crippen molar-refractivity contribution in [3.05, 3.63) is 54.0 Å². The van der Waals surface area contributed by atoms with Gasteiger partial charge in [0.2, 0.25) is 5.91 Å². The minimum Gasteiger partial charge on any atom is -0.497 e. The van der Waals surface area contributed by atoms with E-state index in [0.717, 1.165) is 34.3 Å². The van der Waals surface area contributed by atoms with Crippen molar-refractivity contribution >= 4 is 22.8 Å². The van der Waals surface area contributed by atoms with Crippen LogP contribution in [0.15, 0.2) is 37.2 Å². The van der Waals surface area contributed by atoms with Gasteiger partial charge in [-0.1, -0.05) is 18.4 Å². The Kier molecular flexibility index (Phi) is 5.73. The van der Waals surface area contributed by atoms with Crippen LogP contribution in [0, 0.1) is 18.8 Å². The Morgan fingerprint density at radius 3 is 2.59 bits per heavy atom. The number of amides is 1. The summed E-state index contributed by atoms with van der Waals surface area (Å²) in [5, 5.41) is 0.723. The van der Waals surface area contributed by atoms with Crippen LogP contribution in [0.3, 0.4) is 0 Å². The summed E-state index contributed by atoms with van der Waals surface area (Å²) >= 11 is 0. The highest BCUT2D eigenvalue weighted by Gasteiger charge is 2.30. The summed E-state index contributed by atoms with van der Waals surface area (Å²) < 4.78 is 12.8. The SMILES string of the molecule is C=CC(=O)N1CC[C@H](n2c(C)c(C#Cc3cc(OC)cc(OC)c3)c3c(N)ncnc32)C1. The van der Waals surface area contributed by atoms with Gasteiger partial charge in [-0.3, -0.25) is 4.79 Å². The molecule has 0 saturated carbocycles. The maximum absolute atomic E-state index is 12.1. The third kappa shape index (κ3) is 3.73. The Labute approximate surface area is 186 Å². The van der Waals surface area contributed by atoms with Gasteiger partial charge >= 0.3 is 0 Å². The fourth-order valence-corrected chi connectivity index (χ4v) is 4.17. The van der Waals surface area contributed by atoms with Crippen LogP contribution in [0.5, 0.6) is 11.5 Å². The van der Waals surface area contributed by atoms with Crippen molar-refractivity contribution in [2.75, 3.05) is 33.0 Å². The first kappa shape index (κ1) is 21.2. The summed E-state index contributed by atoms with van der Waals surface area (Å²) in [7, 11) is 3.20. The number of nitrogen functional groups attached to an aromatic ring is 1. The van der Waals surface area contributed by atoms with Crippen LogP contribution in [0.2, 0.25) is 0 Å². The normalized spacial score (nSPS) is 15.3. The van der Waals surface area contributed by atoms with Crippen LogP contribution in [-0.4, -0.2) is 52.7 Å². The molecule has 2 N–H and O–H groups in total. The van der Waals surface area contributed by atoms with E-state index < -0.39 is 0 Å². The molecule has 0 aliphatic carbocycles. The minimum absolute atomic E-state index is 0.0669. The van der Waals surface area contributed by atoms with Crippen molar-refractivity contribution in [1.29, 1.82) is 0 Å². The fourth-order valence-electron chi connectivity index (χ4n) is 4.17. The van der Waals surface area contributed by atoms with Gasteiger partial charge in [-0.25, -0.2) is 9.97 Å². The number of carbonyl (C=O) groups is 1. The number of likely N-dealkylation sites (tertiary alicyclic amines) is 1. The molecule has 8 heteroatoms. The monoisotopic (exact) mass is 431 g/mol. The molecule has 4 rings (SSSR count). The third-order valence-corrected chi connectivity index (χ3v) is 5.76. The summed E-state index contributed by atoms with van der Waals surface area (Å²) in [4.78, 5) is 22.6. The highest BCUT2D eigenvalue weighted by atomic mass is 16.5. The number of aromatic nitrogens is 3. The molecule has 0 spiro atoms. The van der Waals surface area contributed by atoms with Gasteiger partial charge in [0.15, 0.2) is 0 Å². The molecule has 8 nitrogen and oxygen atoms in total. The van der Waals surface area contributed by atoms with Crippen molar-refractivity contribution in [1.82, 2.24) is 19.4 Å². The highest BCUT2D eigenvalue weighted by molar-refractivity contribution is 5.94. The van der Waals surface area contributed by atoms with Gasteiger partial charge in [0, 0.05) is 30.4 Å². The molecule has 1 amide bonds. The van der Waals surface area contributed by atoms with Crippen molar-refractivity contribution < 1.29 is 14.3 Å². The number of nitrogens with two attached hydrogens (primary N) is 1. The molecule has 0 bridgehead atoms. The molecule has 1 aliphatic heterocycles. The molecule has 0 unspecified atom stereocenters. The highest BCUT2D eigenvalue weighted by Crippen LogP contribution is 2.34. The maximum Gasteiger partial charge on any atom is 0.246 e. The molecule has 32 heavy (non-hydrogen) atoms. The Bertz CT molecular complexity index is 1250. The zero-order chi connectivity index (χ0) is 22.8. The number of ether oxygens (including phenoxy) is 2. The number of fused-ring (bicyclic) bond motifs is 1. The lowest BCUT2D eigenvalue weighted by atomic mass is 10.1. The van der Waals surface area contributed by atoms with Gasteiger partial charge in [0.05, 0.1) is 31.2 Å². The van der Waals surface area contributed by atoms with E-state index in [4.69, 9.17) is 15.2 Å². The number of anilines is 1. The Morgan fingerprint density at radius 1 is 1.22 bits per heavy atom. The standard InChI is InChI=1S/C24H25N5O3/c1-5-21(30)28-9-8-17(13-28)29-15(2)20(22-23(25)26-14-27-24(22)29)7-6-16-10-18(31-3)12-19(11-16)32-4/h5,10-12,14,17H,1,8-9,13H2,2-4H3,(H2,25,26,27)/t17-/m0/s1. The summed E-state index contributed by atoms with van der Waals surface area (Å²) in [6.45, 7) is 6.84. The molecule has 1 fully saturated rings. The van der Waals surface area contributed by atoms with Crippen molar-refractivity contribution in [3.63, 3.8) is 0 Å². The van der Waals surface area contributed by atoms with Crippen molar-refractivity contribution in [3.8, 4) is 23.3 Å². The number of hydrogen-bond acceptors (Lipinski definition) is 6. The zero-order valence-corrected chi connectivity index (χ0v) is 18.4. The first-order valence-corrected chi connectivity index (χ1v) is 10.2. The molecular weight excluding hydrogens is 406 g/mol. The lowest BCUT2D eigenvalue weighted by Gasteiger charge is -2.17. The van der Waals surface area contributed by atoms with E-state index in [2.05, 4.69) is 33.0 Å². The molecule has 1 atom stereocenters. The van der Waals surface area contributed by atoms with E-state index in [0.29, 0.717) is 30.4 Å². The second-order valence-corrected chi connectivity index (χ2v) is 7.57. The van der Waals surface area contributed by atoms with Crippen LogP contribution in [0.25, 0.3) is 11.0 Å². The minimum atomic E-state index is -0.0669. The van der Waals surface area contributed by atoms with Gasteiger partial charge in [-0.15, -0.1) is 0 Å². The van der Waals surface area contributed by atoms with E-state index in [-0.39, 0.29) is 11.9 Å². The van der Waals surface area contributed by atoms with E-state index in [1.165, 1.54) is 12.4 Å². The van der Waals surface area contributed by atoms with Crippen LogP contribution in [0.1, 0.15) is 29.3 Å². The van der Waals surface area contributed by atoms with Crippen LogP contribution in [-0.2, 0) is 4.79 Å². The second-order valence-electron chi connectivity index (χ2n) is 7.57. The van der Waals surface area contributed by atoms with Gasteiger partial charge in [0.25, 0.3) is 0 Å². The Hall–Kier alpha value is -3.99. The van der Waals surface area contributed by atoms with E-state index in [1.54, 1.807) is 25.2 Å². The van der Waals surface area contributed by atoms with Crippen LogP contribution >= 0.6 is 0 Å². The van der Waals surface area contributed by atoms with Gasteiger partial charge in [-0.2, -0.15) is 0 Å². The largest absolute Gasteiger partial charge is 0.497 e. The quantitative estimate of drug-likeness (QED) is 0.504. The summed E-state index contributed by atoms with van der Waals surface area (Å²) in [6.07, 6.45) is 3.62.